The molecule has 2 heterocycles. The van der Waals surface area contributed by atoms with Crippen molar-refractivity contribution >= 4 is 23.3 Å². The van der Waals surface area contributed by atoms with Gasteiger partial charge < -0.3 is 19.5 Å². The van der Waals surface area contributed by atoms with Crippen LogP contribution in [0.3, 0.4) is 0 Å². The van der Waals surface area contributed by atoms with Gasteiger partial charge in [-0.05, 0) is 29.3 Å². The number of anilines is 1. The standard InChI is InChI=1S/C21H14F3N3O4.C2HF3O2/c1-30-20-25-9-14(10-26-20)13-4-2-12(3-5-13)11-27-17-7-6-15(31-21(22,23)24)8-16(17)18(28)19(27)29;3-2(4,5)1(6)7/h2-10H,11H2,1H3;(H,6,7). The molecule has 1 N–H and O–H groups in total. The number of aromatic nitrogens is 2. The molecule has 0 radical (unpaired) electrons. The van der Waals surface area contributed by atoms with Gasteiger partial charge in [0.15, 0.2) is 0 Å². The zero-order valence-corrected chi connectivity index (χ0v) is 19.0. The maximum absolute atomic E-state index is 12.4. The Morgan fingerprint density at radius 1 is 0.947 bits per heavy atom. The van der Waals surface area contributed by atoms with E-state index in [2.05, 4.69) is 14.7 Å². The van der Waals surface area contributed by atoms with E-state index in [1.807, 2.05) is 12.1 Å². The number of halogens is 6. The topological polar surface area (TPSA) is 119 Å². The summed E-state index contributed by atoms with van der Waals surface area (Å²) in [5.41, 5.74) is 2.44. The van der Waals surface area contributed by atoms with Gasteiger partial charge in [-0.25, -0.2) is 14.8 Å². The molecule has 15 heteroatoms. The summed E-state index contributed by atoms with van der Waals surface area (Å²) in [4.78, 5) is 42.9. The number of fused-ring (bicyclic) bond motifs is 1. The van der Waals surface area contributed by atoms with Gasteiger partial charge in [-0.3, -0.25) is 9.59 Å². The highest BCUT2D eigenvalue weighted by molar-refractivity contribution is 6.52. The summed E-state index contributed by atoms with van der Waals surface area (Å²) in [5.74, 6) is -5.01. The third-order valence-electron chi connectivity index (χ3n) is 4.86. The van der Waals surface area contributed by atoms with E-state index in [4.69, 9.17) is 14.6 Å². The predicted molar refractivity (Wildman–Crippen MR) is 116 cm³/mol. The fourth-order valence-corrected chi connectivity index (χ4v) is 3.19. The number of hydrogen-bond donors (Lipinski definition) is 1. The second kappa shape index (κ2) is 10.7. The number of alkyl halides is 6. The van der Waals surface area contributed by atoms with Crippen LogP contribution in [0.4, 0.5) is 32.0 Å². The minimum absolute atomic E-state index is 0.0798. The number of ketones is 1. The van der Waals surface area contributed by atoms with Crippen molar-refractivity contribution in [2.45, 2.75) is 19.1 Å². The highest BCUT2D eigenvalue weighted by Gasteiger charge is 2.39. The molecular weight excluding hydrogens is 528 g/mol. The first-order chi connectivity index (χ1) is 17.7. The molecule has 4 rings (SSSR count). The average molecular weight is 543 g/mol. The zero-order chi connectivity index (χ0) is 28.3. The van der Waals surface area contributed by atoms with Crippen LogP contribution in [0.1, 0.15) is 15.9 Å². The lowest BCUT2D eigenvalue weighted by Gasteiger charge is -2.17. The Bertz CT molecular complexity index is 1340. The summed E-state index contributed by atoms with van der Waals surface area (Å²) < 4.78 is 77.8. The highest BCUT2D eigenvalue weighted by atomic mass is 19.4. The summed E-state index contributed by atoms with van der Waals surface area (Å²) in [6.45, 7) is 0.0798. The van der Waals surface area contributed by atoms with Gasteiger partial charge in [0.1, 0.15) is 5.75 Å². The van der Waals surface area contributed by atoms with Crippen LogP contribution >= 0.6 is 0 Å². The number of hydrogen-bond acceptors (Lipinski definition) is 7. The fraction of sp³-hybridized carbons (Fsp3) is 0.174. The van der Waals surface area contributed by atoms with E-state index in [0.29, 0.717) is 0 Å². The SMILES string of the molecule is COc1ncc(-c2ccc(CN3C(=O)C(=O)c4cc(OC(F)(F)F)ccc43)cc2)cn1.O=C(O)C(F)(F)F. The van der Waals surface area contributed by atoms with Crippen molar-refractivity contribution in [3.8, 4) is 22.9 Å². The lowest BCUT2D eigenvalue weighted by molar-refractivity contribution is -0.274. The van der Waals surface area contributed by atoms with Gasteiger partial charge in [0.25, 0.3) is 11.7 Å². The summed E-state index contributed by atoms with van der Waals surface area (Å²) in [6, 6.07) is 10.7. The van der Waals surface area contributed by atoms with E-state index in [0.717, 1.165) is 28.8 Å². The Morgan fingerprint density at radius 3 is 2.03 bits per heavy atom. The number of rotatable bonds is 5. The van der Waals surface area contributed by atoms with Crippen molar-refractivity contribution in [1.82, 2.24) is 9.97 Å². The maximum Gasteiger partial charge on any atom is 0.573 e. The van der Waals surface area contributed by atoms with Crippen LogP contribution in [-0.4, -0.2) is 52.4 Å². The number of methoxy groups -OCH3 is 1. The molecule has 1 aromatic heterocycles. The molecule has 0 fully saturated rings. The van der Waals surface area contributed by atoms with Crippen LogP contribution in [-0.2, 0) is 16.1 Å². The summed E-state index contributed by atoms with van der Waals surface area (Å²) in [7, 11) is 1.47. The van der Waals surface area contributed by atoms with Gasteiger partial charge in [-0.15, -0.1) is 13.2 Å². The largest absolute Gasteiger partial charge is 0.573 e. The van der Waals surface area contributed by atoms with Crippen molar-refractivity contribution in [2.24, 2.45) is 0 Å². The maximum atomic E-state index is 12.4. The number of ether oxygens (including phenoxy) is 2. The third kappa shape index (κ3) is 6.74. The molecule has 0 aliphatic carbocycles. The molecule has 200 valence electrons. The Labute approximate surface area is 209 Å². The number of carbonyl (C=O) groups is 3. The number of carbonyl (C=O) groups excluding carboxylic acids is 2. The molecule has 0 bridgehead atoms. The number of Topliss-reactive ketones (excluding diaryl/α,β-unsaturated/α-hetero) is 1. The molecule has 38 heavy (non-hydrogen) atoms. The second-order valence-corrected chi connectivity index (χ2v) is 7.41. The molecule has 0 atom stereocenters. The van der Waals surface area contributed by atoms with Gasteiger partial charge in [-0.2, -0.15) is 13.2 Å². The summed E-state index contributed by atoms with van der Waals surface area (Å²) in [5, 5.41) is 7.12. The summed E-state index contributed by atoms with van der Waals surface area (Å²) in [6.07, 6.45) is -6.75. The smallest absolute Gasteiger partial charge is 0.475 e. The van der Waals surface area contributed by atoms with E-state index in [1.54, 1.807) is 24.5 Å². The molecule has 0 unspecified atom stereocenters. The van der Waals surface area contributed by atoms with Crippen LogP contribution in [0.15, 0.2) is 54.9 Å². The van der Waals surface area contributed by atoms with E-state index in [1.165, 1.54) is 18.1 Å². The van der Waals surface area contributed by atoms with Crippen molar-refractivity contribution in [1.29, 1.82) is 0 Å². The first-order valence-corrected chi connectivity index (χ1v) is 10.2. The van der Waals surface area contributed by atoms with E-state index >= 15 is 0 Å². The fourth-order valence-electron chi connectivity index (χ4n) is 3.19. The first kappa shape index (κ1) is 27.9. The highest BCUT2D eigenvalue weighted by Crippen LogP contribution is 2.35. The molecule has 0 saturated carbocycles. The van der Waals surface area contributed by atoms with Crippen LogP contribution in [0.5, 0.6) is 11.8 Å². The Hall–Kier alpha value is -4.69. The Morgan fingerprint density at radius 2 is 1.53 bits per heavy atom. The number of carboxylic acid groups (broad SMARTS) is 1. The zero-order valence-electron chi connectivity index (χ0n) is 19.0. The quantitative estimate of drug-likeness (QED) is 0.371. The number of nitrogens with zero attached hydrogens (tertiary/aromatic N) is 3. The van der Waals surface area contributed by atoms with Gasteiger partial charge >= 0.3 is 24.5 Å². The van der Waals surface area contributed by atoms with Crippen LogP contribution in [0, 0.1) is 0 Å². The van der Waals surface area contributed by atoms with Crippen LogP contribution in [0.2, 0.25) is 0 Å². The molecule has 1 aliphatic heterocycles. The number of carboxylic acids is 1. The predicted octanol–water partition coefficient (Wildman–Crippen LogP) is 4.41. The van der Waals surface area contributed by atoms with Crippen molar-refractivity contribution in [3.05, 3.63) is 66.0 Å². The summed E-state index contributed by atoms with van der Waals surface area (Å²) >= 11 is 0. The van der Waals surface area contributed by atoms with Crippen LogP contribution < -0.4 is 14.4 Å². The molecule has 1 amide bonds. The number of amides is 1. The lowest BCUT2D eigenvalue weighted by Crippen LogP contribution is -2.29. The molecular formula is C23H15F6N3O6. The molecule has 1 aliphatic rings. The van der Waals surface area contributed by atoms with Gasteiger partial charge in [-0.1, -0.05) is 24.3 Å². The normalized spacial score (nSPS) is 13.0. The number of aliphatic carboxylic acids is 1. The Kier molecular flexibility index (Phi) is 7.88. The molecule has 9 nitrogen and oxygen atoms in total. The second-order valence-electron chi connectivity index (χ2n) is 7.41. The van der Waals surface area contributed by atoms with Crippen molar-refractivity contribution < 1.29 is 55.3 Å². The minimum Gasteiger partial charge on any atom is -0.475 e. The van der Waals surface area contributed by atoms with Crippen molar-refractivity contribution in [3.63, 3.8) is 0 Å². The molecule has 2 aromatic carbocycles. The van der Waals surface area contributed by atoms with Gasteiger partial charge in [0, 0.05) is 18.0 Å². The monoisotopic (exact) mass is 543 g/mol. The molecule has 3 aromatic rings. The third-order valence-corrected chi connectivity index (χ3v) is 4.86. The van der Waals surface area contributed by atoms with E-state index in [9.17, 15) is 35.9 Å². The average Bonchev–Trinajstić information content (AvgIpc) is 3.08. The van der Waals surface area contributed by atoms with E-state index in [-0.39, 0.29) is 23.8 Å². The first-order valence-electron chi connectivity index (χ1n) is 10.2. The molecule has 0 saturated heterocycles. The molecule has 0 spiro atoms. The number of benzene rings is 2. The van der Waals surface area contributed by atoms with Gasteiger partial charge in [0.05, 0.1) is 24.9 Å². The van der Waals surface area contributed by atoms with Crippen molar-refractivity contribution in [2.75, 3.05) is 12.0 Å². The lowest BCUT2D eigenvalue weighted by atomic mass is 10.1. The van der Waals surface area contributed by atoms with E-state index < -0.39 is 35.9 Å². The minimum atomic E-state index is -5.08. The van der Waals surface area contributed by atoms with Gasteiger partial charge in [0.2, 0.25) is 0 Å². The van der Waals surface area contributed by atoms with Crippen LogP contribution in [0.25, 0.3) is 11.1 Å². The Balaban J connectivity index is 0.000000505.